The molecule has 6 nitrogen and oxygen atoms in total. The average Bonchev–Trinajstić information content (AvgIpc) is 3.01. The molecule has 2 aromatic heterocycles. The van der Waals surface area contributed by atoms with Crippen LogP contribution in [-0.4, -0.2) is 23.0 Å². The molecule has 0 bridgehead atoms. The smallest absolute Gasteiger partial charge is 0.268 e. The summed E-state index contributed by atoms with van der Waals surface area (Å²) in [6.45, 7) is 2.93. The predicted octanol–water partition coefficient (Wildman–Crippen LogP) is 2.23. The van der Waals surface area contributed by atoms with Crippen molar-refractivity contribution < 1.29 is 8.42 Å². The Morgan fingerprint density at radius 1 is 1.43 bits per heavy atom. The van der Waals surface area contributed by atoms with E-state index in [1.54, 1.807) is 6.92 Å². The first-order valence-corrected chi connectivity index (χ1v) is 9.72. The van der Waals surface area contributed by atoms with Crippen LogP contribution in [0, 0.1) is 6.92 Å². The molecule has 9 heteroatoms. The Hall–Kier alpha value is -0.770. The van der Waals surface area contributed by atoms with Crippen LogP contribution in [0.15, 0.2) is 14.3 Å². The van der Waals surface area contributed by atoms with Crippen molar-refractivity contribution in [3.63, 3.8) is 0 Å². The number of nitrogens with one attached hydrogen (secondary N) is 1. The van der Waals surface area contributed by atoms with Crippen LogP contribution in [-0.2, 0) is 29.5 Å². The van der Waals surface area contributed by atoms with Crippen molar-refractivity contribution in [3.05, 3.63) is 27.2 Å². The van der Waals surface area contributed by atoms with Crippen molar-refractivity contribution in [2.24, 2.45) is 0 Å². The highest BCUT2D eigenvalue weighted by Crippen LogP contribution is 2.27. The van der Waals surface area contributed by atoms with E-state index in [4.69, 9.17) is 0 Å². The molecular formula is C12H15BrN4O2S2. The molecule has 114 valence electrons. The van der Waals surface area contributed by atoms with Gasteiger partial charge in [0.05, 0.1) is 21.7 Å². The van der Waals surface area contributed by atoms with E-state index in [1.165, 1.54) is 0 Å². The maximum absolute atomic E-state index is 12.2. The van der Waals surface area contributed by atoms with Crippen LogP contribution in [0.3, 0.4) is 0 Å². The molecule has 1 aliphatic rings. The molecule has 3 heterocycles. The second-order valence-corrected chi connectivity index (χ2v) is 9.22. The van der Waals surface area contributed by atoms with Gasteiger partial charge in [0.2, 0.25) is 4.34 Å². The van der Waals surface area contributed by atoms with Gasteiger partial charge in [0.1, 0.15) is 5.82 Å². The zero-order valence-corrected chi connectivity index (χ0v) is 14.7. The second-order valence-electron chi connectivity index (χ2n) is 4.96. The lowest BCUT2D eigenvalue weighted by atomic mass is 10.2. The summed E-state index contributed by atoms with van der Waals surface area (Å²) in [5.41, 5.74) is 1.43. The Balaban J connectivity index is 1.73. The Labute approximate surface area is 135 Å². The number of nitrogens with zero attached hydrogens (tertiary/aromatic N) is 3. The molecule has 0 saturated carbocycles. The molecule has 0 atom stereocenters. The highest BCUT2D eigenvalue weighted by atomic mass is 79.9. The Morgan fingerprint density at radius 3 is 2.90 bits per heavy atom. The molecule has 0 aliphatic carbocycles. The first kappa shape index (κ1) is 15.1. The lowest BCUT2D eigenvalue weighted by Crippen LogP contribution is -2.23. The van der Waals surface area contributed by atoms with E-state index < -0.39 is 10.0 Å². The van der Waals surface area contributed by atoms with Gasteiger partial charge in [-0.15, -0.1) is 0 Å². The number of aryl methyl sites for hydroxylation is 3. The minimum absolute atomic E-state index is 0.0795. The molecule has 0 radical (unpaired) electrons. The van der Waals surface area contributed by atoms with Crippen LogP contribution in [0.2, 0.25) is 0 Å². The topological polar surface area (TPSA) is 76.9 Å². The van der Waals surface area contributed by atoms with Crippen LogP contribution < -0.4 is 4.72 Å². The van der Waals surface area contributed by atoms with Crippen molar-refractivity contribution in [3.8, 4) is 0 Å². The molecule has 2 aromatic rings. The highest BCUT2D eigenvalue weighted by Gasteiger charge is 2.21. The van der Waals surface area contributed by atoms with E-state index in [-0.39, 0.29) is 10.9 Å². The van der Waals surface area contributed by atoms with Gasteiger partial charge >= 0.3 is 0 Å². The van der Waals surface area contributed by atoms with Crippen molar-refractivity contribution in [2.45, 2.75) is 43.6 Å². The fourth-order valence-electron chi connectivity index (χ4n) is 2.26. The summed E-state index contributed by atoms with van der Waals surface area (Å²) >= 11 is 4.40. The Kier molecular flexibility index (Phi) is 4.17. The van der Waals surface area contributed by atoms with Gasteiger partial charge in [-0.05, 0) is 35.7 Å². The van der Waals surface area contributed by atoms with Crippen LogP contribution in [0.4, 0.5) is 0 Å². The quantitative estimate of drug-likeness (QED) is 0.867. The highest BCUT2D eigenvalue weighted by molar-refractivity contribution is 9.11. The maximum Gasteiger partial charge on any atom is 0.268 e. The van der Waals surface area contributed by atoms with E-state index in [2.05, 4.69) is 35.2 Å². The molecule has 0 spiro atoms. The minimum Gasteiger partial charge on any atom is -0.335 e. The molecule has 1 N–H and O–H groups in total. The van der Waals surface area contributed by atoms with Gasteiger partial charge in [-0.25, -0.2) is 23.1 Å². The number of imidazole rings is 1. The van der Waals surface area contributed by atoms with E-state index >= 15 is 0 Å². The lowest BCUT2D eigenvalue weighted by Gasteiger charge is -2.11. The third kappa shape index (κ3) is 3.20. The van der Waals surface area contributed by atoms with Gasteiger partial charge in [0.15, 0.2) is 0 Å². The number of fused-ring (bicyclic) bond motifs is 1. The fourth-order valence-corrected chi connectivity index (χ4v) is 5.24. The second kappa shape index (κ2) is 5.79. The lowest BCUT2D eigenvalue weighted by molar-refractivity contribution is 0.522. The van der Waals surface area contributed by atoms with Gasteiger partial charge in [-0.3, -0.25) is 0 Å². The zero-order chi connectivity index (χ0) is 15.0. The summed E-state index contributed by atoms with van der Waals surface area (Å²) in [4.78, 5) is 8.53. The van der Waals surface area contributed by atoms with Gasteiger partial charge in [-0.1, -0.05) is 11.3 Å². The third-order valence-corrected chi connectivity index (χ3v) is 7.14. The van der Waals surface area contributed by atoms with Crippen molar-refractivity contribution in [1.82, 2.24) is 19.3 Å². The molecule has 3 rings (SSSR count). The molecule has 0 fully saturated rings. The van der Waals surface area contributed by atoms with Crippen LogP contribution in [0.25, 0.3) is 0 Å². The van der Waals surface area contributed by atoms with Crippen molar-refractivity contribution in [1.29, 1.82) is 0 Å². The van der Waals surface area contributed by atoms with E-state index in [0.29, 0.717) is 5.69 Å². The van der Waals surface area contributed by atoms with Gasteiger partial charge in [0, 0.05) is 19.2 Å². The maximum atomic E-state index is 12.2. The van der Waals surface area contributed by atoms with Gasteiger partial charge < -0.3 is 4.57 Å². The zero-order valence-electron chi connectivity index (χ0n) is 11.5. The van der Waals surface area contributed by atoms with Crippen LogP contribution in [0.5, 0.6) is 0 Å². The molecule has 0 unspecified atom stereocenters. The largest absolute Gasteiger partial charge is 0.335 e. The number of hydrogen-bond donors (Lipinski definition) is 1. The summed E-state index contributed by atoms with van der Waals surface area (Å²) in [5, 5.41) is 0. The normalized spacial score (nSPS) is 15.1. The van der Waals surface area contributed by atoms with Crippen LogP contribution >= 0.6 is 27.3 Å². The molecular weight excluding hydrogens is 376 g/mol. The van der Waals surface area contributed by atoms with Crippen molar-refractivity contribution >= 4 is 37.3 Å². The first-order chi connectivity index (χ1) is 9.95. The predicted molar refractivity (Wildman–Crippen MR) is 83.7 cm³/mol. The summed E-state index contributed by atoms with van der Waals surface area (Å²) in [6.07, 6.45) is 5.20. The summed E-state index contributed by atoms with van der Waals surface area (Å²) in [6, 6.07) is 0. The van der Waals surface area contributed by atoms with E-state index in [9.17, 15) is 8.42 Å². The third-order valence-electron chi connectivity index (χ3n) is 3.35. The standard InChI is InChI=1S/C12H15BrN4O2S2/c1-8-11(13)20-12(15-8)21(18,19)14-6-9-7-17-5-3-2-4-10(17)16-9/h7,14H,2-6H2,1H3. The Bertz CT molecular complexity index is 723. The molecule has 0 aromatic carbocycles. The number of hydrogen-bond acceptors (Lipinski definition) is 5. The SMILES string of the molecule is Cc1nc(S(=O)(=O)NCc2cn3c(n2)CCCC3)sc1Br. The van der Waals surface area contributed by atoms with Crippen molar-refractivity contribution in [2.75, 3.05) is 0 Å². The van der Waals surface area contributed by atoms with Crippen LogP contribution in [0.1, 0.15) is 30.1 Å². The molecule has 0 saturated heterocycles. The van der Waals surface area contributed by atoms with E-state index in [1.807, 2.05) is 6.20 Å². The summed E-state index contributed by atoms with van der Waals surface area (Å²) < 4.78 is 29.9. The minimum atomic E-state index is -3.58. The average molecular weight is 391 g/mol. The number of halogens is 1. The first-order valence-electron chi connectivity index (χ1n) is 6.63. The van der Waals surface area contributed by atoms with Gasteiger partial charge in [0.25, 0.3) is 10.0 Å². The monoisotopic (exact) mass is 390 g/mol. The number of aromatic nitrogens is 3. The number of rotatable bonds is 4. The number of sulfonamides is 1. The fraction of sp³-hybridized carbons (Fsp3) is 0.500. The Morgan fingerprint density at radius 2 is 2.24 bits per heavy atom. The molecule has 0 amide bonds. The summed E-state index contributed by atoms with van der Waals surface area (Å²) in [7, 11) is -3.58. The van der Waals surface area contributed by atoms with E-state index in [0.717, 1.165) is 52.4 Å². The molecule has 21 heavy (non-hydrogen) atoms. The number of thiazole rings is 1. The summed E-state index contributed by atoms with van der Waals surface area (Å²) in [5.74, 6) is 1.04. The molecule has 1 aliphatic heterocycles. The van der Waals surface area contributed by atoms with Gasteiger partial charge in [-0.2, -0.15) is 0 Å².